The molecule has 0 amide bonds. The first-order valence-corrected chi connectivity index (χ1v) is 3.14. The molecule has 1 fully saturated rings. The molecular formula is C7H12N2. The Morgan fingerprint density at radius 3 is 3.00 bits per heavy atom. The Bertz CT molecular complexity index is 147. The summed E-state index contributed by atoms with van der Waals surface area (Å²) in [5.41, 5.74) is 2.35. The SMILES string of the molecule is C=C1NCC/C1=C/NC. The molecule has 1 rings (SSSR count). The van der Waals surface area contributed by atoms with Crippen molar-refractivity contribution in [2.45, 2.75) is 6.42 Å². The van der Waals surface area contributed by atoms with Gasteiger partial charge in [-0.1, -0.05) is 6.58 Å². The first-order chi connectivity index (χ1) is 4.34. The van der Waals surface area contributed by atoms with Gasteiger partial charge in [-0.05, 0) is 12.0 Å². The van der Waals surface area contributed by atoms with Gasteiger partial charge in [0.15, 0.2) is 0 Å². The fraction of sp³-hybridized carbons (Fsp3) is 0.429. The third-order valence-corrected chi connectivity index (χ3v) is 1.44. The number of allylic oxidation sites excluding steroid dienone is 1. The lowest BCUT2D eigenvalue weighted by Crippen LogP contribution is -2.02. The number of nitrogens with one attached hydrogen (secondary N) is 2. The Hall–Kier alpha value is -0.920. The summed E-state index contributed by atoms with van der Waals surface area (Å²) in [6.45, 7) is 4.87. The lowest BCUT2D eigenvalue weighted by molar-refractivity contribution is 0.916. The Morgan fingerprint density at radius 1 is 1.78 bits per heavy atom. The molecule has 0 aromatic rings. The third-order valence-electron chi connectivity index (χ3n) is 1.44. The lowest BCUT2D eigenvalue weighted by atomic mass is 10.2. The normalized spacial score (nSPS) is 22.3. The van der Waals surface area contributed by atoms with Crippen LogP contribution in [0.25, 0.3) is 0 Å². The molecule has 2 heteroatoms. The second-order valence-electron chi connectivity index (χ2n) is 2.11. The van der Waals surface area contributed by atoms with Gasteiger partial charge < -0.3 is 10.6 Å². The zero-order chi connectivity index (χ0) is 6.69. The molecule has 0 atom stereocenters. The molecule has 1 aliphatic rings. The quantitative estimate of drug-likeness (QED) is 0.535. The number of hydrogen-bond donors (Lipinski definition) is 2. The van der Waals surface area contributed by atoms with Gasteiger partial charge in [0.2, 0.25) is 0 Å². The van der Waals surface area contributed by atoms with Crippen LogP contribution >= 0.6 is 0 Å². The van der Waals surface area contributed by atoms with Gasteiger partial charge in [0, 0.05) is 25.5 Å². The average Bonchev–Trinajstić information content (AvgIpc) is 2.18. The predicted molar refractivity (Wildman–Crippen MR) is 38.9 cm³/mol. The van der Waals surface area contributed by atoms with Crippen molar-refractivity contribution >= 4 is 0 Å². The van der Waals surface area contributed by atoms with Crippen molar-refractivity contribution in [3.8, 4) is 0 Å². The topological polar surface area (TPSA) is 24.1 Å². The van der Waals surface area contributed by atoms with Gasteiger partial charge in [-0.25, -0.2) is 0 Å². The van der Waals surface area contributed by atoms with Gasteiger partial charge >= 0.3 is 0 Å². The van der Waals surface area contributed by atoms with E-state index in [9.17, 15) is 0 Å². The van der Waals surface area contributed by atoms with Gasteiger partial charge in [0.1, 0.15) is 0 Å². The first-order valence-electron chi connectivity index (χ1n) is 3.14. The molecule has 9 heavy (non-hydrogen) atoms. The summed E-state index contributed by atoms with van der Waals surface area (Å²) in [7, 11) is 1.90. The fourth-order valence-electron chi connectivity index (χ4n) is 0.946. The standard InChI is InChI=1S/C7H12N2/c1-6-7(5-8-2)3-4-9-6/h5,8-9H,1,3-4H2,2H3/b7-5-. The molecule has 0 aliphatic carbocycles. The van der Waals surface area contributed by atoms with Crippen molar-refractivity contribution in [3.63, 3.8) is 0 Å². The van der Waals surface area contributed by atoms with E-state index in [1.807, 2.05) is 13.2 Å². The van der Waals surface area contributed by atoms with Gasteiger partial charge in [0.05, 0.1) is 0 Å². The van der Waals surface area contributed by atoms with Crippen LogP contribution in [0.4, 0.5) is 0 Å². The van der Waals surface area contributed by atoms with Crippen LogP contribution in [0.2, 0.25) is 0 Å². The maximum atomic E-state index is 3.83. The van der Waals surface area contributed by atoms with Gasteiger partial charge in [-0.2, -0.15) is 0 Å². The highest BCUT2D eigenvalue weighted by molar-refractivity contribution is 5.30. The van der Waals surface area contributed by atoms with Crippen LogP contribution in [0.1, 0.15) is 6.42 Å². The summed E-state index contributed by atoms with van der Waals surface area (Å²) in [4.78, 5) is 0. The van der Waals surface area contributed by atoms with Crippen molar-refractivity contribution in [1.82, 2.24) is 10.6 Å². The van der Waals surface area contributed by atoms with Crippen molar-refractivity contribution in [2.75, 3.05) is 13.6 Å². The summed E-state index contributed by atoms with van der Waals surface area (Å²) >= 11 is 0. The van der Waals surface area contributed by atoms with Crippen molar-refractivity contribution in [1.29, 1.82) is 0 Å². The Morgan fingerprint density at radius 2 is 2.56 bits per heavy atom. The molecule has 0 spiro atoms. The van der Waals surface area contributed by atoms with E-state index in [1.54, 1.807) is 0 Å². The highest BCUT2D eigenvalue weighted by atomic mass is 14.9. The molecule has 1 heterocycles. The van der Waals surface area contributed by atoms with Crippen molar-refractivity contribution in [3.05, 3.63) is 24.0 Å². The fourth-order valence-corrected chi connectivity index (χ4v) is 0.946. The molecule has 0 aromatic heterocycles. The molecule has 1 saturated heterocycles. The Labute approximate surface area is 55.6 Å². The minimum absolute atomic E-state index is 1.03. The predicted octanol–water partition coefficient (Wildman–Crippen LogP) is 0.597. The highest BCUT2D eigenvalue weighted by Crippen LogP contribution is 2.13. The molecule has 0 unspecified atom stereocenters. The molecule has 2 N–H and O–H groups in total. The molecule has 0 saturated carbocycles. The zero-order valence-corrected chi connectivity index (χ0v) is 5.70. The van der Waals surface area contributed by atoms with Crippen LogP contribution < -0.4 is 10.6 Å². The molecule has 0 aromatic carbocycles. The van der Waals surface area contributed by atoms with Crippen LogP contribution in [0, 0.1) is 0 Å². The molecule has 50 valence electrons. The molecule has 2 nitrogen and oxygen atoms in total. The van der Waals surface area contributed by atoms with E-state index < -0.39 is 0 Å². The van der Waals surface area contributed by atoms with Crippen LogP contribution in [0.5, 0.6) is 0 Å². The first kappa shape index (κ1) is 6.20. The van der Waals surface area contributed by atoms with Crippen LogP contribution in [-0.2, 0) is 0 Å². The van der Waals surface area contributed by atoms with E-state index >= 15 is 0 Å². The monoisotopic (exact) mass is 124 g/mol. The van der Waals surface area contributed by atoms with Gasteiger partial charge in [-0.15, -0.1) is 0 Å². The Balaban J connectivity index is 2.59. The summed E-state index contributed by atoms with van der Waals surface area (Å²) in [6.07, 6.45) is 3.09. The van der Waals surface area contributed by atoms with Crippen molar-refractivity contribution in [2.24, 2.45) is 0 Å². The second kappa shape index (κ2) is 2.58. The zero-order valence-electron chi connectivity index (χ0n) is 5.70. The van der Waals surface area contributed by atoms with Gasteiger partial charge in [0.25, 0.3) is 0 Å². The van der Waals surface area contributed by atoms with Gasteiger partial charge in [-0.3, -0.25) is 0 Å². The smallest absolute Gasteiger partial charge is 0.0314 e. The maximum Gasteiger partial charge on any atom is 0.0314 e. The summed E-state index contributed by atoms with van der Waals surface area (Å²) in [5.74, 6) is 0. The van der Waals surface area contributed by atoms with Crippen LogP contribution in [-0.4, -0.2) is 13.6 Å². The molecular weight excluding hydrogens is 112 g/mol. The number of hydrogen-bond acceptors (Lipinski definition) is 2. The lowest BCUT2D eigenvalue weighted by Gasteiger charge is -1.95. The molecule has 1 aliphatic heterocycles. The molecule has 0 radical (unpaired) electrons. The summed E-state index contributed by atoms with van der Waals surface area (Å²) in [6, 6.07) is 0. The van der Waals surface area contributed by atoms with E-state index in [2.05, 4.69) is 17.2 Å². The summed E-state index contributed by atoms with van der Waals surface area (Å²) in [5, 5.41) is 6.13. The largest absolute Gasteiger partial charge is 0.394 e. The number of rotatable bonds is 1. The van der Waals surface area contributed by atoms with E-state index in [4.69, 9.17) is 0 Å². The highest BCUT2D eigenvalue weighted by Gasteiger charge is 2.08. The van der Waals surface area contributed by atoms with Crippen molar-refractivity contribution < 1.29 is 0 Å². The third kappa shape index (κ3) is 1.25. The van der Waals surface area contributed by atoms with E-state index in [-0.39, 0.29) is 0 Å². The Kier molecular flexibility index (Phi) is 1.78. The summed E-state index contributed by atoms with van der Waals surface area (Å²) < 4.78 is 0. The minimum atomic E-state index is 1.03. The average molecular weight is 124 g/mol. The van der Waals surface area contributed by atoms with Crippen LogP contribution in [0.15, 0.2) is 24.0 Å². The molecule has 0 bridgehead atoms. The van der Waals surface area contributed by atoms with E-state index in [0.717, 1.165) is 18.7 Å². The van der Waals surface area contributed by atoms with Crippen LogP contribution in [0.3, 0.4) is 0 Å². The second-order valence-corrected chi connectivity index (χ2v) is 2.11. The maximum absolute atomic E-state index is 3.83. The minimum Gasteiger partial charge on any atom is -0.394 e. The van der Waals surface area contributed by atoms with E-state index in [1.165, 1.54) is 5.57 Å². The van der Waals surface area contributed by atoms with E-state index in [0.29, 0.717) is 0 Å².